The molecule has 3 N–H and O–H groups in total. The summed E-state index contributed by atoms with van der Waals surface area (Å²) in [4.78, 5) is 31.4. The van der Waals surface area contributed by atoms with Gasteiger partial charge in [-0.2, -0.15) is 0 Å². The van der Waals surface area contributed by atoms with Gasteiger partial charge in [0.25, 0.3) is 5.91 Å². The number of nitrogens with zero attached hydrogens (tertiary/aromatic N) is 1. The van der Waals surface area contributed by atoms with Crippen molar-refractivity contribution in [3.05, 3.63) is 78.1 Å². The van der Waals surface area contributed by atoms with E-state index in [1.807, 2.05) is 6.07 Å². The van der Waals surface area contributed by atoms with E-state index in [1.54, 1.807) is 24.4 Å². The van der Waals surface area contributed by atoms with Gasteiger partial charge >= 0.3 is 0 Å². The maximum atomic E-state index is 14.6. The molecule has 1 aliphatic carbocycles. The minimum Gasteiger partial charge on any atom is -0.454 e. The Bertz CT molecular complexity index is 1380. The number of nitrogens with one attached hydrogen (secondary N) is 3. The van der Waals surface area contributed by atoms with Gasteiger partial charge in [0.15, 0.2) is 17.4 Å². The van der Waals surface area contributed by atoms with E-state index in [-0.39, 0.29) is 34.8 Å². The summed E-state index contributed by atoms with van der Waals surface area (Å²) in [6, 6.07) is 11.4. The second-order valence-corrected chi connectivity index (χ2v) is 7.74. The van der Waals surface area contributed by atoms with Crippen LogP contribution in [0.2, 0.25) is 0 Å². The number of H-pyrrole nitrogens is 1. The molecule has 0 unspecified atom stereocenters. The van der Waals surface area contributed by atoms with Gasteiger partial charge in [-0.05, 0) is 42.5 Å². The van der Waals surface area contributed by atoms with E-state index in [4.69, 9.17) is 4.74 Å². The summed E-state index contributed by atoms with van der Waals surface area (Å²) in [5.41, 5.74) is 0.731. The van der Waals surface area contributed by atoms with Crippen LogP contribution in [0, 0.1) is 17.6 Å². The second-order valence-electron chi connectivity index (χ2n) is 7.74. The minimum atomic E-state index is -0.869. The zero-order chi connectivity index (χ0) is 22.9. The summed E-state index contributed by atoms with van der Waals surface area (Å²) in [6.07, 6.45) is 4.82. The molecular formula is C24H18F2N4O3. The van der Waals surface area contributed by atoms with E-state index in [1.165, 1.54) is 18.3 Å². The zero-order valence-electron chi connectivity index (χ0n) is 17.2. The van der Waals surface area contributed by atoms with Gasteiger partial charge in [0.2, 0.25) is 5.91 Å². The number of carbonyl (C=O) groups excluding carboxylic acids is 2. The fourth-order valence-electron chi connectivity index (χ4n) is 3.33. The lowest BCUT2D eigenvalue weighted by Gasteiger charge is -2.12. The third-order valence-electron chi connectivity index (χ3n) is 5.25. The van der Waals surface area contributed by atoms with Crippen LogP contribution >= 0.6 is 0 Å². The molecule has 7 nitrogen and oxygen atoms in total. The summed E-state index contributed by atoms with van der Waals surface area (Å²) in [5, 5.41) is 5.97. The third-order valence-corrected chi connectivity index (χ3v) is 5.25. The summed E-state index contributed by atoms with van der Waals surface area (Å²) >= 11 is 0. The highest BCUT2D eigenvalue weighted by Gasteiger charge is 2.29. The molecule has 2 aromatic carbocycles. The Labute approximate surface area is 186 Å². The SMILES string of the molecule is O=C(Nc1cc(F)c(Oc2ccnc(NC(=O)C3CC3)c2)cc1F)c1ccc2cc[nH]c2c1. The number of ether oxygens (including phenoxy) is 1. The van der Waals surface area contributed by atoms with Crippen molar-refractivity contribution in [2.24, 2.45) is 5.92 Å². The average molecular weight is 448 g/mol. The Hall–Kier alpha value is -4.27. The van der Waals surface area contributed by atoms with Crippen LogP contribution in [-0.4, -0.2) is 21.8 Å². The minimum absolute atomic E-state index is 0.00426. The van der Waals surface area contributed by atoms with Crippen LogP contribution in [0.3, 0.4) is 0 Å². The molecule has 166 valence electrons. The monoisotopic (exact) mass is 448 g/mol. The van der Waals surface area contributed by atoms with Crippen LogP contribution in [0.15, 0.2) is 60.9 Å². The lowest BCUT2D eigenvalue weighted by atomic mass is 10.1. The molecule has 1 aliphatic rings. The van der Waals surface area contributed by atoms with Crippen molar-refractivity contribution in [1.29, 1.82) is 0 Å². The Morgan fingerprint density at radius 1 is 1.00 bits per heavy atom. The van der Waals surface area contributed by atoms with Crippen LogP contribution in [-0.2, 0) is 4.79 Å². The molecule has 2 aromatic heterocycles. The van der Waals surface area contributed by atoms with Crippen molar-refractivity contribution >= 4 is 34.2 Å². The molecule has 0 atom stereocenters. The molecule has 2 amide bonds. The first kappa shape index (κ1) is 20.6. The quantitative estimate of drug-likeness (QED) is 0.376. The predicted octanol–water partition coefficient (Wildman–Crippen LogP) is 5.23. The van der Waals surface area contributed by atoms with E-state index < -0.39 is 17.5 Å². The van der Waals surface area contributed by atoms with Gasteiger partial charge in [-0.15, -0.1) is 0 Å². The van der Waals surface area contributed by atoms with Crippen LogP contribution in [0.5, 0.6) is 11.5 Å². The van der Waals surface area contributed by atoms with Crippen molar-refractivity contribution in [2.45, 2.75) is 12.8 Å². The Morgan fingerprint density at radius 3 is 2.67 bits per heavy atom. The summed E-state index contributed by atoms with van der Waals surface area (Å²) in [5.74, 6) is -2.39. The molecule has 0 aliphatic heterocycles. The molecular weight excluding hydrogens is 430 g/mol. The fraction of sp³-hybridized carbons (Fsp3) is 0.125. The van der Waals surface area contributed by atoms with Gasteiger partial charge in [0.1, 0.15) is 11.6 Å². The van der Waals surface area contributed by atoms with Crippen molar-refractivity contribution < 1.29 is 23.1 Å². The molecule has 0 radical (unpaired) electrons. The normalized spacial score (nSPS) is 13.0. The predicted molar refractivity (Wildman–Crippen MR) is 118 cm³/mol. The lowest BCUT2D eigenvalue weighted by molar-refractivity contribution is -0.117. The molecule has 9 heteroatoms. The maximum absolute atomic E-state index is 14.6. The number of anilines is 2. The molecule has 5 rings (SSSR count). The standard InChI is InChI=1S/C24H18F2N4O3/c25-17-12-21(33-16-6-8-28-22(10-16)30-23(31)14-2-3-14)18(26)11-20(17)29-24(32)15-4-1-13-5-7-27-19(13)9-15/h1,4-12,14,27H,2-3H2,(H,29,32)(H,28,30,31). The van der Waals surface area contributed by atoms with E-state index in [2.05, 4.69) is 20.6 Å². The van der Waals surface area contributed by atoms with Crippen LogP contribution in [0.1, 0.15) is 23.2 Å². The van der Waals surface area contributed by atoms with Crippen molar-refractivity contribution in [3.8, 4) is 11.5 Å². The Balaban J connectivity index is 1.31. The molecule has 2 heterocycles. The highest BCUT2D eigenvalue weighted by atomic mass is 19.1. The number of rotatable bonds is 6. The summed E-state index contributed by atoms with van der Waals surface area (Å²) < 4.78 is 34.7. The number of amides is 2. The highest BCUT2D eigenvalue weighted by molar-refractivity contribution is 6.06. The fourth-order valence-corrected chi connectivity index (χ4v) is 3.33. The van der Waals surface area contributed by atoms with Gasteiger partial charge in [-0.25, -0.2) is 13.8 Å². The highest BCUT2D eigenvalue weighted by Crippen LogP contribution is 2.32. The van der Waals surface area contributed by atoms with Crippen LogP contribution in [0.25, 0.3) is 10.9 Å². The molecule has 33 heavy (non-hydrogen) atoms. The third kappa shape index (κ3) is 4.52. The smallest absolute Gasteiger partial charge is 0.255 e. The maximum Gasteiger partial charge on any atom is 0.255 e. The molecule has 1 fully saturated rings. The largest absolute Gasteiger partial charge is 0.454 e. The number of benzene rings is 2. The molecule has 0 saturated heterocycles. The van der Waals surface area contributed by atoms with Gasteiger partial charge in [0, 0.05) is 47.6 Å². The summed E-state index contributed by atoms with van der Waals surface area (Å²) in [6.45, 7) is 0. The number of aromatic amines is 1. The number of carbonyl (C=O) groups is 2. The van der Waals surface area contributed by atoms with Gasteiger partial charge < -0.3 is 20.4 Å². The lowest BCUT2D eigenvalue weighted by Crippen LogP contribution is -2.14. The number of halogens is 2. The zero-order valence-corrected chi connectivity index (χ0v) is 17.2. The van der Waals surface area contributed by atoms with Gasteiger partial charge in [-0.1, -0.05) is 6.07 Å². The topological polar surface area (TPSA) is 96.1 Å². The molecule has 1 saturated carbocycles. The van der Waals surface area contributed by atoms with Crippen molar-refractivity contribution in [1.82, 2.24) is 9.97 Å². The van der Waals surface area contributed by atoms with E-state index in [9.17, 15) is 18.4 Å². The number of pyridine rings is 1. The first-order chi connectivity index (χ1) is 16.0. The first-order valence-electron chi connectivity index (χ1n) is 10.3. The molecule has 0 spiro atoms. The van der Waals surface area contributed by atoms with Crippen molar-refractivity contribution in [2.75, 3.05) is 10.6 Å². The van der Waals surface area contributed by atoms with Crippen LogP contribution in [0.4, 0.5) is 20.3 Å². The van der Waals surface area contributed by atoms with Crippen LogP contribution < -0.4 is 15.4 Å². The Kier molecular flexibility index (Phi) is 5.21. The number of hydrogen-bond acceptors (Lipinski definition) is 4. The summed E-state index contributed by atoms with van der Waals surface area (Å²) in [7, 11) is 0. The van der Waals surface area contributed by atoms with E-state index >= 15 is 0 Å². The van der Waals surface area contributed by atoms with E-state index in [0.29, 0.717) is 5.56 Å². The van der Waals surface area contributed by atoms with Gasteiger partial charge in [-0.3, -0.25) is 9.59 Å². The van der Waals surface area contributed by atoms with E-state index in [0.717, 1.165) is 35.9 Å². The van der Waals surface area contributed by atoms with Gasteiger partial charge in [0.05, 0.1) is 5.69 Å². The number of hydrogen-bond donors (Lipinski definition) is 3. The first-order valence-corrected chi connectivity index (χ1v) is 10.3. The second kappa shape index (κ2) is 8.34. The number of fused-ring (bicyclic) bond motifs is 1. The van der Waals surface area contributed by atoms with Crippen molar-refractivity contribution in [3.63, 3.8) is 0 Å². The molecule has 4 aromatic rings. The molecule has 0 bridgehead atoms. The number of aromatic nitrogens is 2. The Morgan fingerprint density at radius 2 is 1.85 bits per heavy atom. The average Bonchev–Trinajstić information content (AvgIpc) is 3.55.